The quantitative estimate of drug-likeness (QED) is 0.762. The first-order valence-electron chi connectivity index (χ1n) is 3.56. The zero-order valence-electron chi connectivity index (χ0n) is 6.78. The molecule has 2 aromatic heterocycles. The van der Waals surface area contributed by atoms with Gasteiger partial charge in [-0.1, -0.05) is 0 Å². The Morgan fingerprint density at radius 1 is 1.50 bits per heavy atom. The Balaban J connectivity index is 2.30. The van der Waals surface area contributed by atoms with E-state index in [1.165, 1.54) is 35.8 Å². The SMILES string of the molecule is N#Cc1ccnnc1Sc1ncns1. The zero-order chi connectivity index (χ0) is 9.80. The number of nitriles is 1. The Kier molecular flexibility index (Phi) is 2.67. The van der Waals surface area contributed by atoms with Gasteiger partial charge < -0.3 is 0 Å². The minimum atomic E-state index is 0.500. The molecule has 0 atom stereocenters. The molecule has 5 nitrogen and oxygen atoms in total. The Bertz CT molecular complexity index is 461. The van der Waals surface area contributed by atoms with E-state index in [0.29, 0.717) is 10.6 Å². The Hall–Kier alpha value is -1.52. The van der Waals surface area contributed by atoms with Crippen LogP contribution in [0, 0.1) is 11.3 Å². The number of rotatable bonds is 2. The van der Waals surface area contributed by atoms with E-state index in [-0.39, 0.29) is 0 Å². The molecule has 0 N–H and O–H groups in total. The minimum absolute atomic E-state index is 0.500. The third-order valence-electron chi connectivity index (χ3n) is 1.33. The van der Waals surface area contributed by atoms with E-state index in [1.807, 2.05) is 6.07 Å². The first kappa shape index (κ1) is 9.05. The van der Waals surface area contributed by atoms with Gasteiger partial charge in [0.05, 0.1) is 11.8 Å². The van der Waals surface area contributed by atoms with Crippen LogP contribution in [0.4, 0.5) is 0 Å². The highest BCUT2D eigenvalue weighted by molar-refractivity contribution is 8.00. The number of hydrogen-bond donors (Lipinski definition) is 0. The summed E-state index contributed by atoms with van der Waals surface area (Å²) in [5.41, 5.74) is 0.500. The summed E-state index contributed by atoms with van der Waals surface area (Å²) in [6.45, 7) is 0. The molecular formula is C7H3N5S2. The van der Waals surface area contributed by atoms with Crippen LogP contribution >= 0.6 is 23.3 Å². The van der Waals surface area contributed by atoms with Crippen molar-refractivity contribution in [3.05, 3.63) is 24.2 Å². The molecule has 0 aliphatic carbocycles. The molecule has 0 bridgehead atoms. The minimum Gasteiger partial charge on any atom is -0.216 e. The molecule has 0 amide bonds. The van der Waals surface area contributed by atoms with E-state index in [0.717, 1.165) is 4.34 Å². The van der Waals surface area contributed by atoms with Crippen LogP contribution < -0.4 is 0 Å². The molecule has 0 radical (unpaired) electrons. The molecule has 0 aromatic carbocycles. The van der Waals surface area contributed by atoms with E-state index in [4.69, 9.17) is 5.26 Å². The van der Waals surface area contributed by atoms with E-state index in [2.05, 4.69) is 19.6 Å². The second-order valence-electron chi connectivity index (χ2n) is 2.17. The van der Waals surface area contributed by atoms with Gasteiger partial charge in [-0.05, 0) is 29.4 Å². The first-order valence-corrected chi connectivity index (χ1v) is 5.15. The van der Waals surface area contributed by atoms with Crippen LogP contribution in [-0.4, -0.2) is 19.6 Å². The van der Waals surface area contributed by atoms with Crippen molar-refractivity contribution in [2.45, 2.75) is 9.37 Å². The molecule has 7 heteroatoms. The maximum atomic E-state index is 8.78. The van der Waals surface area contributed by atoms with Gasteiger partial charge in [0.15, 0.2) is 4.34 Å². The number of nitrogens with zero attached hydrogens (tertiary/aromatic N) is 5. The maximum absolute atomic E-state index is 8.78. The molecule has 0 fully saturated rings. The van der Waals surface area contributed by atoms with E-state index < -0.39 is 0 Å². The van der Waals surface area contributed by atoms with Gasteiger partial charge in [0.1, 0.15) is 17.4 Å². The highest BCUT2D eigenvalue weighted by Gasteiger charge is 2.07. The fourth-order valence-corrected chi connectivity index (χ4v) is 2.14. The average Bonchev–Trinajstić information content (AvgIpc) is 2.71. The Morgan fingerprint density at radius 2 is 2.43 bits per heavy atom. The lowest BCUT2D eigenvalue weighted by Crippen LogP contribution is -1.88. The lowest BCUT2D eigenvalue weighted by molar-refractivity contribution is 0.919. The third-order valence-corrected chi connectivity index (χ3v) is 3.04. The molecule has 0 spiro atoms. The Morgan fingerprint density at radius 3 is 3.14 bits per heavy atom. The van der Waals surface area contributed by atoms with Crippen molar-refractivity contribution >= 4 is 23.3 Å². The van der Waals surface area contributed by atoms with Gasteiger partial charge in [-0.15, -0.1) is 5.10 Å². The predicted octanol–water partition coefficient (Wildman–Crippen LogP) is 1.35. The third kappa shape index (κ3) is 1.86. The summed E-state index contributed by atoms with van der Waals surface area (Å²) in [5, 5.41) is 16.9. The van der Waals surface area contributed by atoms with Gasteiger partial charge in [-0.3, -0.25) is 0 Å². The van der Waals surface area contributed by atoms with Gasteiger partial charge in [-0.25, -0.2) is 4.98 Å². The molecule has 2 heterocycles. The van der Waals surface area contributed by atoms with E-state index in [1.54, 1.807) is 6.07 Å². The van der Waals surface area contributed by atoms with Crippen LogP contribution in [0.3, 0.4) is 0 Å². The summed E-state index contributed by atoms with van der Waals surface area (Å²) in [4.78, 5) is 3.98. The summed E-state index contributed by atoms with van der Waals surface area (Å²) < 4.78 is 4.60. The van der Waals surface area contributed by atoms with Crippen LogP contribution in [-0.2, 0) is 0 Å². The van der Waals surface area contributed by atoms with Crippen molar-refractivity contribution in [2.75, 3.05) is 0 Å². The van der Waals surface area contributed by atoms with Gasteiger partial charge in [-0.2, -0.15) is 14.7 Å². The lowest BCUT2D eigenvalue weighted by Gasteiger charge is -1.95. The molecular weight excluding hydrogens is 218 g/mol. The second kappa shape index (κ2) is 4.13. The zero-order valence-corrected chi connectivity index (χ0v) is 8.42. The van der Waals surface area contributed by atoms with Crippen LogP contribution in [0.2, 0.25) is 0 Å². The molecule has 0 aliphatic rings. The van der Waals surface area contributed by atoms with Gasteiger partial charge >= 0.3 is 0 Å². The fourth-order valence-electron chi connectivity index (χ4n) is 0.770. The molecule has 0 saturated carbocycles. The van der Waals surface area contributed by atoms with Gasteiger partial charge in [0.2, 0.25) is 0 Å². The number of aromatic nitrogens is 4. The fraction of sp³-hybridized carbons (Fsp3) is 0. The van der Waals surface area contributed by atoms with Crippen LogP contribution in [0.25, 0.3) is 0 Å². The smallest absolute Gasteiger partial charge is 0.176 e. The first-order chi connectivity index (χ1) is 6.90. The largest absolute Gasteiger partial charge is 0.216 e. The van der Waals surface area contributed by atoms with Crippen molar-refractivity contribution < 1.29 is 0 Å². The van der Waals surface area contributed by atoms with Crippen LogP contribution in [0.15, 0.2) is 28.0 Å². The summed E-state index contributed by atoms with van der Waals surface area (Å²) in [7, 11) is 0. The van der Waals surface area contributed by atoms with Crippen molar-refractivity contribution in [3.8, 4) is 6.07 Å². The standard InChI is InChI=1S/C7H3N5S2/c8-3-5-1-2-10-12-6(5)13-7-9-4-11-14-7/h1-2,4H. The molecule has 0 unspecified atom stereocenters. The predicted molar refractivity (Wildman–Crippen MR) is 50.8 cm³/mol. The summed E-state index contributed by atoms with van der Waals surface area (Å²) >= 11 is 2.56. The summed E-state index contributed by atoms with van der Waals surface area (Å²) in [5.74, 6) is 0. The van der Waals surface area contributed by atoms with Crippen LogP contribution in [0.5, 0.6) is 0 Å². The van der Waals surface area contributed by atoms with Gasteiger partial charge in [0, 0.05) is 0 Å². The average molecular weight is 221 g/mol. The molecule has 0 saturated heterocycles. The molecule has 0 aliphatic heterocycles. The normalized spacial score (nSPS) is 9.64. The Labute approximate surface area is 88.0 Å². The lowest BCUT2D eigenvalue weighted by atomic mass is 10.3. The van der Waals surface area contributed by atoms with Crippen molar-refractivity contribution in [1.82, 2.24) is 19.6 Å². The topological polar surface area (TPSA) is 75.3 Å². The van der Waals surface area contributed by atoms with Crippen molar-refractivity contribution in [1.29, 1.82) is 5.26 Å². The van der Waals surface area contributed by atoms with E-state index in [9.17, 15) is 0 Å². The highest BCUT2D eigenvalue weighted by Crippen LogP contribution is 2.27. The van der Waals surface area contributed by atoms with Crippen molar-refractivity contribution in [3.63, 3.8) is 0 Å². The molecule has 68 valence electrons. The highest BCUT2D eigenvalue weighted by atomic mass is 32.2. The van der Waals surface area contributed by atoms with E-state index >= 15 is 0 Å². The summed E-state index contributed by atoms with van der Waals surface area (Å²) in [6.07, 6.45) is 2.96. The molecule has 2 aromatic rings. The van der Waals surface area contributed by atoms with Crippen LogP contribution in [0.1, 0.15) is 5.56 Å². The molecule has 14 heavy (non-hydrogen) atoms. The van der Waals surface area contributed by atoms with Gasteiger partial charge in [0.25, 0.3) is 0 Å². The molecule has 2 rings (SSSR count). The maximum Gasteiger partial charge on any atom is 0.176 e. The second-order valence-corrected chi connectivity index (χ2v) is 4.19. The van der Waals surface area contributed by atoms with Crippen molar-refractivity contribution in [2.24, 2.45) is 0 Å². The number of hydrogen-bond acceptors (Lipinski definition) is 7. The monoisotopic (exact) mass is 221 g/mol. The summed E-state index contributed by atoms with van der Waals surface area (Å²) in [6, 6.07) is 3.66.